The van der Waals surface area contributed by atoms with Gasteiger partial charge in [-0.15, -0.1) is 10.2 Å². The number of carbonyl (C=O) groups is 1. The lowest BCUT2D eigenvalue weighted by atomic mass is 9.93. The van der Waals surface area contributed by atoms with Gasteiger partial charge >= 0.3 is 0 Å². The Morgan fingerprint density at radius 3 is 2.48 bits per heavy atom. The largest absolute Gasteiger partial charge is 0.352 e. The fraction of sp³-hybridized carbons (Fsp3) is 0.471. The molecule has 1 atom stereocenters. The zero-order valence-electron chi connectivity index (χ0n) is 14.0. The predicted octanol–water partition coefficient (Wildman–Crippen LogP) is 1.06. The summed E-state index contributed by atoms with van der Waals surface area (Å²) in [5, 5.41) is 12.5. The zero-order chi connectivity index (χ0) is 17.1. The van der Waals surface area contributed by atoms with Crippen molar-refractivity contribution < 1.29 is 4.79 Å². The summed E-state index contributed by atoms with van der Waals surface area (Å²) in [6, 6.07) is 3.82. The lowest BCUT2D eigenvalue weighted by Crippen LogP contribution is -2.50. The van der Waals surface area contributed by atoms with Gasteiger partial charge in [0.1, 0.15) is 12.7 Å². The van der Waals surface area contributed by atoms with Crippen molar-refractivity contribution in [1.82, 2.24) is 29.9 Å². The second-order valence-electron chi connectivity index (χ2n) is 6.38. The average molecular weight is 339 g/mol. The van der Waals surface area contributed by atoms with E-state index in [-0.39, 0.29) is 5.92 Å². The van der Waals surface area contributed by atoms with Gasteiger partial charge in [-0.3, -0.25) is 4.79 Å². The third kappa shape index (κ3) is 3.38. The van der Waals surface area contributed by atoms with Gasteiger partial charge in [0.2, 0.25) is 5.91 Å². The van der Waals surface area contributed by atoms with Crippen LogP contribution in [0.1, 0.15) is 19.3 Å². The second-order valence-corrected chi connectivity index (χ2v) is 6.38. The Balaban J connectivity index is 1.35. The molecule has 25 heavy (non-hydrogen) atoms. The second kappa shape index (κ2) is 7.00. The number of nitrogens with zero attached hydrogens (tertiary/aromatic N) is 7. The molecule has 8 heteroatoms. The Hall–Kier alpha value is -2.77. The van der Waals surface area contributed by atoms with E-state index in [0.717, 1.165) is 51.3 Å². The molecule has 1 unspecified atom stereocenters. The highest BCUT2D eigenvalue weighted by Crippen LogP contribution is 2.22. The van der Waals surface area contributed by atoms with Crippen LogP contribution in [0, 0.1) is 5.92 Å². The number of piperazine rings is 1. The van der Waals surface area contributed by atoms with E-state index in [9.17, 15) is 4.79 Å². The summed E-state index contributed by atoms with van der Waals surface area (Å²) in [6.45, 7) is 3.05. The Morgan fingerprint density at radius 1 is 1.04 bits per heavy atom. The van der Waals surface area contributed by atoms with Crippen LogP contribution in [0.5, 0.6) is 0 Å². The molecule has 0 spiro atoms. The minimum atomic E-state index is 0.165. The zero-order valence-corrected chi connectivity index (χ0v) is 14.0. The van der Waals surface area contributed by atoms with Crippen molar-refractivity contribution in [3.8, 4) is 5.82 Å². The summed E-state index contributed by atoms with van der Waals surface area (Å²) in [5.74, 6) is 1.94. The van der Waals surface area contributed by atoms with Crippen LogP contribution in [0.25, 0.3) is 5.82 Å². The Labute approximate surface area is 146 Å². The van der Waals surface area contributed by atoms with Crippen molar-refractivity contribution >= 4 is 11.7 Å². The Kier molecular flexibility index (Phi) is 4.41. The van der Waals surface area contributed by atoms with E-state index in [4.69, 9.17) is 0 Å². The van der Waals surface area contributed by atoms with E-state index >= 15 is 0 Å². The molecule has 2 aromatic rings. The van der Waals surface area contributed by atoms with Crippen LogP contribution in [0.4, 0.5) is 5.82 Å². The molecular formula is C17H21N7O. The minimum absolute atomic E-state index is 0.165. The summed E-state index contributed by atoms with van der Waals surface area (Å²) in [6.07, 6.45) is 10.2. The molecule has 4 rings (SSSR count). The van der Waals surface area contributed by atoms with Crippen LogP contribution in [-0.2, 0) is 4.79 Å². The van der Waals surface area contributed by atoms with Crippen molar-refractivity contribution in [1.29, 1.82) is 0 Å². The lowest BCUT2D eigenvalue weighted by molar-refractivity contribution is -0.136. The number of amides is 1. The molecule has 1 amide bonds. The number of rotatable bonds is 3. The van der Waals surface area contributed by atoms with E-state index in [2.05, 4.69) is 37.3 Å². The van der Waals surface area contributed by atoms with Gasteiger partial charge in [-0.2, -0.15) is 5.10 Å². The van der Waals surface area contributed by atoms with Crippen LogP contribution in [-0.4, -0.2) is 61.9 Å². The van der Waals surface area contributed by atoms with E-state index in [1.807, 2.05) is 17.0 Å². The monoisotopic (exact) mass is 339 g/mol. The number of carbonyl (C=O) groups excluding carboxylic acids is 1. The van der Waals surface area contributed by atoms with Gasteiger partial charge < -0.3 is 9.80 Å². The molecule has 3 heterocycles. The summed E-state index contributed by atoms with van der Waals surface area (Å²) in [5.41, 5.74) is 0. The molecule has 1 saturated heterocycles. The van der Waals surface area contributed by atoms with Crippen molar-refractivity contribution in [2.24, 2.45) is 5.92 Å². The first kappa shape index (κ1) is 15.7. The quantitative estimate of drug-likeness (QED) is 0.778. The highest BCUT2D eigenvalue weighted by atomic mass is 16.2. The van der Waals surface area contributed by atoms with Crippen molar-refractivity contribution in [3.05, 3.63) is 36.9 Å². The standard InChI is InChI=1S/C17H21N7O/c25-17(14-4-2-1-3-5-14)23-10-8-22(9-11-23)15-6-7-16(21-20-15)24-13-18-12-19-24/h1-2,6-7,12-14H,3-5,8-11H2. The molecule has 1 aliphatic carbocycles. The van der Waals surface area contributed by atoms with Crippen molar-refractivity contribution in [3.63, 3.8) is 0 Å². The van der Waals surface area contributed by atoms with Crippen LogP contribution in [0.2, 0.25) is 0 Å². The van der Waals surface area contributed by atoms with Gasteiger partial charge in [-0.05, 0) is 31.4 Å². The molecule has 8 nitrogen and oxygen atoms in total. The van der Waals surface area contributed by atoms with E-state index in [1.54, 1.807) is 11.0 Å². The van der Waals surface area contributed by atoms with Crippen LogP contribution in [0.3, 0.4) is 0 Å². The van der Waals surface area contributed by atoms with Crippen molar-refractivity contribution in [2.75, 3.05) is 31.1 Å². The van der Waals surface area contributed by atoms with Crippen LogP contribution in [0.15, 0.2) is 36.9 Å². The SMILES string of the molecule is O=C(C1CC=CCC1)N1CCN(c2ccc(-n3cncn3)nn2)CC1. The van der Waals surface area contributed by atoms with Crippen molar-refractivity contribution in [2.45, 2.75) is 19.3 Å². The lowest BCUT2D eigenvalue weighted by Gasteiger charge is -2.37. The molecule has 0 bridgehead atoms. The molecule has 0 radical (unpaired) electrons. The predicted molar refractivity (Wildman–Crippen MR) is 92.2 cm³/mol. The number of hydrogen-bond acceptors (Lipinski definition) is 6. The summed E-state index contributed by atoms with van der Waals surface area (Å²) >= 11 is 0. The molecule has 0 aromatic carbocycles. The molecule has 0 saturated carbocycles. The third-order valence-corrected chi connectivity index (χ3v) is 4.82. The Bertz CT molecular complexity index is 733. The van der Waals surface area contributed by atoms with E-state index < -0.39 is 0 Å². The summed E-state index contributed by atoms with van der Waals surface area (Å²) in [7, 11) is 0. The van der Waals surface area contributed by atoms with Gasteiger partial charge in [0.15, 0.2) is 11.6 Å². The van der Waals surface area contributed by atoms with Gasteiger partial charge in [-0.1, -0.05) is 12.2 Å². The van der Waals surface area contributed by atoms with Gasteiger partial charge in [-0.25, -0.2) is 9.67 Å². The molecule has 0 N–H and O–H groups in total. The molecule has 1 fully saturated rings. The Morgan fingerprint density at radius 2 is 1.84 bits per heavy atom. The molecular weight excluding hydrogens is 318 g/mol. The van der Waals surface area contributed by atoms with Crippen LogP contribution < -0.4 is 4.90 Å². The molecule has 2 aromatic heterocycles. The van der Waals surface area contributed by atoms with Gasteiger partial charge in [0.05, 0.1) is 0 Å². The summed E-state index contributed by atoms with van der Waals surface area (Å²) < 4.78 is 1.58. The number of anilines is 1. The fourth-order valence-electron chi connectivity index (χ4n) is 3.37. The van der Waals surface area contributed by atoms with Gasteiger partial charge in [0.25, 0.3) is 0 Å². The maximum Gasteiger partial charge on any atom is 0.226 e. The average Bonchev–Trinajstić information content (AvgIpc) is 3.23. The maximum atomic E-state index is 12.6. The normalized spacial score (nSPS) is 20.7. The number of aromatic nitrogens is 5. The molecule has 1 aliphatic heterocycles. The van der Waals surface area contributed by atoms with Crippen LogP contribution >= 0.6 is 0 Å². The summed E-state index contributed by atoms with van der Waals surface area (Å²) in [4.78, 5) is 20.7. The first-order valence-electron chi connectivity index (χ1n) is 8.69. The first-order valence-corrected chi connectivity index (χ1v) is 8.69. The minimum Gasteiger partial charge on any atom is -0.352 e. The maximum absolute atomic E-state index is 12.6. The highest BCUT2D eigenvalue weighted by molar-refractivity contribution is 5.79. The molecule has 130 valence electrons. The molecule has 2 aliphatic rings. The highest BCUT2D eigenvalue weighted by Gasteiger charge is 2.27. The third-order valence-electron chi connectivity index (χ3n) is 4.82. The van der Waals surface area contributed by atoms with E-state index in [1.165, 1.54) is 6.33 Å². The van der Waals surface area contributed by atoms with Gasteiger partial charge in [0, 0.05) is 32.1 Å². The van der Waals surface area contributed by atoms with E-state index in [0.29, 0.717) is 11.7 Å². The fourth-order valence-corrected chi connectivity index (χ4v) is 3.37. The topological polar surface area (TPSA) is 80.0 Å². The number of hydrogen-bond donors (Lipinski definition) is 0. The first-order chi connectivity index (χ1) is 12.3. The smallest absolute Gasteiger partial charge is 0.226 e. The number of allylic oxidation sites excluding steroid dienone is 2.